The van der Waals surface area contributed by atoms with E-state index in [0.29, 0.717) is 17.1 Å². The van der Waals surface area contributed by atoms with Gasteiger partial charge in [0.25, 0.3) is 0 Å². The SMILES string of the molecule is Cc1ccc(CNc2oc(-c3ccc(Br)cc3)nc2S(=O)(=O)c2ccc(Cl)cc2)cc1. The number of oxazole rings is 1. The van der Waals surface area contributed by atoms with Crippen LogP contribution in [0.3, 0.4) is 0 Å². The number of hydrogen-bond acceptors (Lipinski definition) is 5. The molecule has 1 aromatic heterocycles. The van der Waals surface area contributed by atoms with E-state index in [1.165, 1.54) is 24.3 Å². The zero-order chi connectivity index (χ0) is 22.0. The standard InChI is InChI=1S/C23H18BrClN2O3S/c1-15-2-4-16(5-3-15)14-26-22-23(31(28,29)20-12-10-19(25)11-13-20)27-21(30-22)17-6-8-18(24)9-7-17/h2-13,26H,14H2,1H3. The largest absolute Gasteiger partial charge is 0.419 e. The Morgan fingerprint density at radius 2 is 1.61 bits per heavy atom. The Hall–Kier alpha value is -2.61. The first-order valence-electron chi connectivity index (χ1n) is 9.40. The van der Waals surface area contributed by atoms with Crippen molar-refractivity contribution in [3.63, 3.8) is 0 Å². The molecule has 0 aliphatic heterocycles. The summed E-state index contributed by atoms with van der Waals surface area (Å²) in [5.41, 5.74) is 2.80. The zero-order valence-corrected chi connectivity index (χ0v) is 19.6. The van der Waals surface area contributed by atoms with Crippen LogP contribution in [0.15, 0.2) is 91.6 Å². The van der Waals surface area contributed by atoms with Crippen molar-refractivity contribution in [2.75, 3.05) is 5.32 Å². The summed E-state index contributed by atoms with van der Waals surface area (Å²) in [7, 11) is -3.93. The van der Waals surface area contributed by atoms with E-state index < -0.39 is 9.84 Å². The van der Waals surface area contributed by atoms with Crippen molar-refractivity contribution in [1.29, 1.82) is 0 Å². The van der Waals surface area contributed by atoms with E-state index in [1.807, 2.05) is 43.3 Å². The number of benzene rings is 3. The van der Waals surface area contributed by atoms with Crippen molar-refractivity contribution >= 4 is 43.3 Å². The molecule has 0 radical (unpaired) electrons. The third-order valence-corrected chi connectivity index (χ3v) is 7.10. The number of nitrogens with one attached hydrogen (secondary N) is 1. The summed E-state index contributed by atoms with van der Waals surface area (Å²) in [4.78, 5) is 4.43. The Morgan fingerprint density at radius 1 is 0.968 bits per heavy atom. The Balaban J connectivity index is 1.74. The first kappa shape index (κ1) is 21.6. The molecule has 0 saturated carbocycles. The number of aromatic nitrogens is 1. The molecule has 0 spiro atoms. The number of aryl methyl sites for hydroxylation is 1. The summed E-state index contributed by atoms with van der Waals surface area (Å²) in [6.45, 7) is 2.40. The van der Waals surface area contributed by atoms with Crippen LogP contribution in [0.2, 0.25) is 5.02 Å². The van der Waals surface area contributed by atoms with Gasteiger partial charge in [0.2, 0.25) is 26.6 Å². The minimum absolute atomic E-state index is 0.0888. The lowest BCUT2D eigenvalue weighted by Crippen LogP contribution is -2.07. The van der Waals surface area contributed by atoms with E-state index in [4.69, 9.17) is 16.0 Å². The molecule has 0 fully saturated rings. The van der Waals surface area contributed by atoms with E-state index in [9.17, 15) is 8.42 Å². The molecule has 158 valence electrons. The van der Waals surface area contributed by atoms with Crippen molar-refractivity contribution in [2.24, 2.45) is 0 Å². The Bertz CT molecular complexity index is 1300. The van der Waals surface area contributed by atoms with Crippen LogP contribution < -0.4 is 5.32 Å². The van der Waals surface area contributed by atoms with Gasteiger partial charge in [-0.1, -0.05) is 57.4 Å². The highest BCUT2D eigenvalue weighted by molar-refractivity contribution is 9.10. The number of halogens is 2. The molecule has 0 unspecified atom stereocenters. The lowest BCUT2D eigenvalue weighted by Gasteiger charge is -2.07. The molecule has 0 bridgehead atoms. The lowest BCUT2D eigenvalue weighted by molar-refractivity contribution is 0.576. The number of nitrogens with zero attached hydrogens (tertiary/aromatic N) is 1. The monoisotopic (exact) mass is 516 g/mol. The van der Waals surface area contributed by atoms with Crippen molar-refractivity contribution in [2.45, 2.75) is 23.4 Å². The smallest absolute Gasteiger partial charge is 0.234 e. The van der Waals surface area contributed by atoms with E-state index in [0.717, 1.165) is 15.6 Å². The predicted octanol–water partition coefficient (Wildman–Crippen LogP) is 6.51. The van der Waals surface area contributed by atoms with Crippen molar-refractivity contribution in [1.82, 2.24) is 4.98 Å². The maximum absolute atomic E-state index is 13.3. The maximum atomic E-state index is 13.3. The highest BCUT2D eigenvalue weighted by Crippen LogP contribution is 2.33. The van der Waals surface area contributed by atoms with Crippen LogP contribution in [-0.2, 0) is 16.4 Å². The molecule has 4 aromatic rings. The highest BCUT2D eigenvalue weighted by atomic mass is 79.9. The molecule has 31 heavy (non-hydrogen) atoms. The molecule has 1 N–H and O–H groups in total. The van der Waals surface area contributed by atoms with Gasteiger partial charge in [0.05, 0.1) is 4.90 Å². The van der Waals surface area contributed by atoms with Crippen LogP contribution >= 0.6 is 27.5 Å². The second-order valence-electron chi connectivity index (χ2n) is 6.96. The quantitative estimate of drug-likeness (QED) is 0.316. The molecular formula is C23H18BrClN2O3S. The van der Waals surface area contributed by atoms with Crippen molar-refractivity contribution in [3.05, 3.63) is 93.4 Å². The molecule has 8 heteroatoms. The first-order valence-corrected chi connectivity index (χ1v) is 12.1. The Labute approximate surface area is 194 Å². The van der Waals surface area contributed by atoms with E-state index in [1.54, 1.807) is 12.1 Å². The van der Waals surface area contributed by atoms with Crippen LogP contribution in [0.4, 0.5) is 5.88 Å². The zero-order valence-electron chi connectivity index (χ0n) is 16.5. The van der Waals surface area contributed by atoms with Crippen LogP contribution in [0.1, 0.15) is 11.1 Å². The average Bonchev–Trinajstić information content (AvgIpc) is 3.19. The van der Waals surface area contributed by atoms with Gasteiger partial charge in [-0.3, -0.25) is 0 Å². The molecule has 0 atom stereocenters. The topological polar surface area (TPSA) is 72.2 Å². The van der Waals surface area contributed by atoms with Gasteiger partial charge >= 0.3 is 0 Å². The molecule has 0 amide bonds. The fourth-order valence-corrected chi connectivity index (χ4v) is 4.60. The summed E-state index contributed by atoms with van der Waals surface area (Å²) in [5.74, 6) is 0.305. The fraction of sp³-hybridized carbons (Fsp3) is 0.0870. The van der Waals surface area contributed by atoms with Gasteiger partial charge in [-0.15, -0.1) is 0 Å². The van der Waals surface area contributed by atoms with Gasteiger partial charge in [0.1, 0.15) is 0 Å². The Kier molecular flexibility index (Phi) is 6.18. The number of anilines is 1. The fourth-order valence-electron chi connectivity index (χ4n) is 2.93. The molecule has 0 aliphatic carbocycles. The average molecular weight is 518 g/mol. The molecule has 1 heterocycles. The summed E-state index contributed by atoms with van der Waals surface area (Å²) in [6, 6.07) is 21.2. The second kappa shape index (κ2) is 8.86. The Morgan fingerprint density at radius 3 is 2.26 bits per heavy atom. The van der Waals surface area contributed by atoms with Gasteiger partial charge < -0.3 is 9.73 Å². The van der Waals surface area contributed by atoms with E-state index >= 15 is 0 Å². The number of rotatable bonds is 6. The summed E-state index contributed by atoms with van der Waals surface area (Å²) in [5, 5.41) is 3.38. The van der Waals surface area contributed by atoms with Gasteiger partial charge in [-0.25, -0.2) is 8.42 Å². The predicted molar refractivity (Wildman–Crippen MR) is 125 cm³/mol. The van der Waals surface area contributed by atoms with Crippen LogP contribution in [-0.4, -0.2) is 13.4 Å². The van der Waals surface area contributed by atoms with Gasteiger partial charge in [0, 0.05) is 21.6 Å². The van der Waals surface area contributed by atoms with Crippen molar-refractivity contribution in [3.8, 4) is 11.5 Å². The summed E-state index contributed by atoms with van der Waals surface area (Å²) >= 11 is 9.31. The highest BCUT2D eigenvalue weighted by Gasteiger charge is 2.28. The van der Waals surface area contributed by atoms with Gasteiger partial charge in [-0.2, -0.15) is 4.98 Å². The summed E-state index contributed by atoms with van der Waals surface area (Å²) in [6.07, 6.45) is 0. The number of hydrogen-bond donors (Lipinski definition) is 1. The second-order valence-corrected chi connectivity index (χ2v) is 10.2. The van der Waals surface area contributed by atoms with Gasteiger partial charge in [0.15, 0.2) is 0 Å². The van der Waals surface area contributed by atoms with E-state index in [2.05, 4.69) is 26.2 Å². The van der Waals surface area contributed by atoms with Crippen LogP contribution in [0.25, 0.3) is 11.5 Å². The minimum Gasteiger partial charge on any atom is -0.419 e. The first-order chi connectivity index (χ1) is 14.8. The number of sulfone groups is 1. The van der Waals surface area contributed by atoms with Crippen molar-refractivity contribution < 1.29 is 12.8 Å². The third kappa shape index (κ3) is 4.84. The molecule has 3 aromatic carbocycles. The molecule has 0 saturated heterocycles. The summed E-state index contributed by atoms with van der Waals surface area (Å²) < 4.78 is 33.4. The van der Waals surface area contributed by atoms with Crippen LogP contribution in [0, 0.1) is 6.92 Å². The minimum atomic E-state index is -3.93. The molecule has 0 aliphatic rings. The molecular weight excluding hydrogens is 500 g/mol. The molecule has 5 nitrogen and oxygen atoms in total. The van der Waals surface area contributed by atoms with Gasteiger partial charge in [-0.05, 0) is 61.0 Å². The maximum Gasteiger partial charge on any atom is 0.234 e. The molecule has 4 rings (SSSR count). The lowest BCUT2D eigenvalue weighted by atomic mass is 10.1. The van der Waals surface area contributed by atoms with Crippen LogP contribution in [0.5, 0.6) is 0 Å². The van der Waals surface area contributed by atoms with E-state index in [-0.39, 0.29) is 21.7 Å². The normalized spacial score (nSPS) is 11.5. The third-order valence-electron chi connectivity index (χ3n) is 4.64.